The van der Waals surface area contributed by atoms with Crippen molar-refractivity contribution >= 4 is 21.9 Å². The van der Waals surface area contributed by atoms with Crippen LogP contribution in [0.15, 0.2) is 28.9 Å². The van der Waals surface area contributed by atoms with E-state index >= 15 is 0 Å². The third-order valence-corrected chi connectivity index (χ3v) is 2.59. The van der Waals surface area contributed by atoms with Gasteiger partial charge in [-0.2, -0.15) is 9.37 Å². The SMILES string of the molecule is NNc1ncc(F)c(Oc2ccc(Br)c(F)c2)n1. The van der Waals surface area contributed by atoms with Crippen LogP contribution in [-0.2, 0) is 0 Å². The Balaban J connectivity index is 2.30. The topological polar surface area (TPSA) is 73.1 Å². The van der Waals surface area contributed by atoms with E-state index in [1.807, 2.05) is 0 Å². The van der Waals surface area contributed by atoms with Gasteiger partial charge < -0.3 is 4.74 Å². The maximum absolute atomic E-state index is 13.3. The van der Waals surface area contributed by atoms with Gasteiger partial charge in [0, 0.05) is 6.07 Å². The summed E-state index contributed by atoms with van der Waals surface area (Å²) in [5, 5.41) is 0. The van der Waals surface area contributed by atoms with Gasteiger partial charge in [0.25, 0.3) is 5.88 Å². The van der Waals surface area contributed by atoms with E-state index in [9.17, 15) is 8.78 Å². The molecule has 1 aromatic heterocycles. The van der Waals surface area contributed by atoms with Crippen molar-refractivity contribution in [1.29, 1.82) is 0 Å². The maximum atomic E-state index is 13.3. The van der Waals surface area contributed by atoms with Crippen LogP contribution in [0.2, 0.25) is 0 Å². The first-order valence-corrected chi connectivity index (χ1v) is 5.51. The number of nitrogens with one attached hydrogen (secondary N) is 1. The van der Waals surface area contributed by atoms with Crippen molar-refractivity contribution in [3.05, 3.63) is 40.5 Å². The summed E-state index contributed by atoms with van der Waals surface area (Å²) in [5.41, 5.74) is 2.15. The Morgan fingerprint density at radius 3 is 2.72 bits per heavy atom. The van der Waals surface area contributed by atoms with E-state index in [4.69, 9.17) is 10.6 Å². The summed E-state index contributed by atoms with van der Waals surface area (Å²) < 4.78 is 32.0. The minimum atomic E-state index is -0.780. The van der Waals surface area contributed by atoms with Gasteiger partial charge in [0.2, 0.25) is 11.8 Å². The lowest BCUT2D eigenvalue weighted by Crippen LogP contribution is -2.11. The minimum absolute atomic E-state index is 0.0102. The summed E-state index contributed by atoms with van der Waals surface area (Å²) in [4.78, 5) is 7.21. The molecule has 94 valence electrons. The number of hydrogen-bond donors (Lipinski definition) is 2. The van der Waals surface area contributed by atoms with Crippen molar-refractivity contribution in [2.75, 3.05) is 5.43 Å². The molecular weight excluding hydrogens is 310 g/mol. The van der Waals surface area contributed by atoms with Crippen molar-refractivity contribution in [2.45, 2.75) is 0 Å². The van der Waals surface area contributed by atoms with Crippen LogP contribution in [0.5, 0.6) is 11.6 Å². The molecular formula is C10H7BrF2N4O. The lowest BCUT2D eigenvalue weighted by Gasteiger charge is -2.07. The molecule has 3 N–H and O–H groups in total. The molecule has 0 saturated carbocycles. The molecule has 1 aromatic carbocycles. The summed E-state index contributed by atoms with van der Waals surface area (Å²) in [7, 11) is 0. The highest BCUT2D eigenvalue weighted by atomic mass is 79.9. The Morgan fingerprint density at radius 1 is 1.28 bits per heavy atom. The fourth-order valence-electron chi connectivity index (χ4n) is 1.14. The zero-order chi connectivity index (χ0) is 13.1. The van der Waals surface area contributed by atoms with Crippen LogP contribution in [0.3, 0.4) is 0 Å². The predicted molar refractivity (Wildman–Crippen MR) is 64.0 cm³/mol. The molecule has 0 radical (unpaired) electrons. The highest BCUT2D eigenvalue weighted by molar-refractivity contribution is 9.10. The van der Waals surface area contributed by atoms with Crippen molar-refractivity contribution in [3.8, 4) is 11.6 Å². The molecule has 2 aromatic rings. The number of aromatic nitrogens is 2. The molecule has 18 heavy (non-hydrogen) atoms. The lowest BCUT2D eigenvalue weighted by atomic mass is 10.3. The van der Waals surface area contributed by atoms with Crippen molar-refractivity contribution in [1.82, 2.24) is 9.97 Å². The van der Waals surface area contributed by atoms with Gasteiger partial charge in [-0.15, -0.1) is 0 Å². The third-order valence-electron chi connectivity index (χ3n) is 1.95. The number of ether oxygens (including phenoxy) is 1. The number of rotatable bonds is 3. The summed E-state index contributed by atoms with van der Waals surface area (Å²) in [5.74, 6) is 3.53. The average Bonchev–Trinajstić information content (AvgIpc) is 2.36. The Hall–Kier alpha value is -1.80. The van der Waals surface area contributed by atoms with E-state index in [1.54, 1.807) is 0 Å². The minimum Gasteiger partial charge on any atom is -0.436 e. The number of halogens is 3. The molecule has 1 heterocycles. The van der Waals surface area contributed by atoms with E-state index in [2.05, 4.69) is 31.3 Å². The molecule has 5 nitrogen and oxygen atoms in total. The normalized spacial score (nSPS) is 10.2. The van der Waals surface area contributed by atoms with Gasteiger partial charge in [-0.3, -0.25) is 5.43 Å². The zero-order valence-electron chi connectivity index (χ0n) is 8.82. The number of anilines is 1. The number of nitrogen functional groups attached to an aromatic ring is 1. The van der Waals surface area contributed by atoms with Gasteiger partial charge in [0.1, 0.15) is 11.6 Å². The quantitative estimate of drug-likeness (QED) is 0.672. The molecule has 0 saturated heterocycles. The van der Waals surface area contributed by atoms with Gasteiger partial charge in [0.15, 0.2) is 0 Å². The number of hydrogen-bond acceptors (Lipinski definition) is 5. The van der Waals surface area contributed by atoms with Gasteiger partial charge in [-0.05, 0) is 28.1 Å². The molecule has 0 aliphatic rings. The Morgan fingerprint density at radius 2 is 2.06 bits per heavy atom. The molecule has 2 rings (SSSR count). The second kappa shape index (κ2) is 5.23. The van der Waals surface area contributed by atoms with Crippen LogP contribution in [0, 0.1) is 11.6 Å². The second-order valence-electron chi connectivity index (χ2n) is 3.17. The molecule has 0 amide bonds. The van der Waals surface area contributed by atoms with Crippen LogP contribution >= 0.6 is 15.9 Å². The van der Waals surface area contributed by atoms with Gasteiger partial charge in [-0.25, -0.2) is 15.2 Å². The number of nitrogens with two attached hydrogens (primary N) is 1. The molecule has 0 unspecified atom stereocenters. The molecule has 0 fully saturated rings. The van der Waals surface area contributed by atoms with Crippen LogP contribution in [0.1, 0.15) is 0 Å². The van der Waals surface area contributed by atoms with E-state index in [-0.39, 0.29) is 22.1 Å². The summed E-state index contributed by atoms with van der Waals surface area (Å²) in [6.07, 6.45) is 0.896. The molecule has 8 heteroatoms. The maximum Gasteiger partial charge on any atom is 0.260 e. The monoisotopic (exact) mass is 316 g/mol. The van der Waals surface area contributed by atoms with Crippen LogP contribution < -0.4 is 16.0 Å². The third kappa shape index (κ3) is 2.71. The Labute approximate surface area is 109 Å². The number of hydrazine groups is 1. The fourth-order valence-corrected chi connectivity index (χ4v) is 1.39. The van der Waals surface area contributed by atoms with Crippen LogP contribution in [0.4, 0.5) is 14.7 Å². The van der Waals surface area contributed by atoms with E-state index in [1.165, 1.54) is 12.1 Å². The molecule has 0 atom stereocenters. The smallest absolute Gasteiger partial charge is 0.260 e. The van der Waals surface area contributed by atoms with Crippen molar-refractivity contribution < 1.29 is 13.5 Å². The standard InChI is InChI=1S/C10H7BrF2N4O/c11-6-2-1-5(3-7(6)12)18-9-8(13)4-15-10(16-9)17-14/h1-4H,14H2,(H,15,16,17). The Bertz CT molecular complexity index is 582. The molecule has 0 aliphatic carbocycles. The van der Waals surface area contributed by atoms with E-state index < -0.39 is 11.6 Å². The first-order valence-electron chi connectivity index (χ1n) is 4.72. The molecule has 0 aliphatic heterocycles. The van der Waals surface area contributed by atoms with Gasteiger partial charge in [-0.1, -0.05) is 0 Å². The summed E-state index contributed by atoms with van der Waals surface area (Å²) in [6, 6.07) is 4.00. The van der Waals surface area contributed by atoms with Crippen LogP contribution in [-0.4, -0.2) is 9.97 Å². The summed E-state index contributed by atoms with van der Waals surface area (Å²) in [6.45, 7) is 0. The zero-order valence-corrected chi connectivity index (χ0v) is 10.4. The first-order chi connectivity index (χ1) is 8.60. The molecule has 0 bridgehead atoms. The Kier molecular flexibility index (Phi) is 3.68. The number of benzene rings is 1. The predicted octanol–water partition coefficient (Wildman–Crippen LogP) is 2.60. The van der Waals surface area contributed by atoms with E-state index in [0.29, 0.717) is 0 Å². The van der Waals surface area contributed by atoms with Gasteiger partial charge >= 0.3 is 0 Å². The first kappa shape index (κ1) is 12.7. The van der Waals surface area contributed by atoms with Gasteiger partial charge in [0.05, 0.1) is 10.7 Å². The van der Waals surface area contributed by atoms with Crippen molar-refractivity contribution in [3.63, 3.8) is 0 Å². The fraction of sp³-hybridized carbons (Fsp3) is 0. The number of nitrogens with zero attached hydrogens (tertiary/aromatic N) is 2. The molecule has 0 spiro atoms. The highest BCUT2D eigenvalue weighted by Crippen LogP contribution is 2.26. The second-order valence-corrected chi connectivity index (χ2v) is 4.02. The van der Waals surface area contributed by atoms with Crippen LogP contribution in [0.25, 0.3) is 0 Å². The lowest BCUT2D eigenvalue weighted by molar-refractivity contribution is 0.417. The van der Waals surface area contributed by atoms with Crippen molar-refractivity contribution in [2.24, 2.45) is 5.84 Å². The van der Waals surface area contributed by atoms with E-state index in [0.717, 1.165) is 12.3 Å². The highest BCUT2D eigenvalue weighted by Gasteiger charge is 2.10. The largest absolute Gasteiger partial charge is 0.436 e. The summed E-state index contributed by atoms with van der Waals surface area (Å²) >= 11 is 3.00. The average molecular weight is 317 g/mol.